The maximum Gasteiger partial charge on any atom is 0.257 e. The van der Waals surface area contributed by atoms with E-state index < -0.39 is 0 Å². The molecule has 0 saturated heterocycles. The van der Waals surface area contributed by atoms with Crippen LogP contribution in [0.1, 0.15) is 62.0 Å². The van der Waals surface area contributed by atoms with Gasteiger partial charge in [-0.2, -0.15) is 0 Å². The minimum Gasteiger partial charge on any atom is -0.376 e. The number of rotatable bonds is 6. The highest BCUT2D eigenvalue weighted by molar-refractivity contribution is 5.94. The highest BCUT2D eigenvalue weighted by Gasteiger charge is 2.28. The number of ether oxygens (including phenoxy) is 1. The number of hydrogen-bond donors (Lipinski definition) is 2. The molecule has 0 bridgehead atoms. The summed E-state index contributed by atoms with van der Waals surface area (Å²) in [5, 5.41) is 3.00. The summed E-state index contributed by atoms with van der Waals surface area (Å²) in [7, 11) is 0. The Morgan fingerprint density at radius 1 is 1.39 bits per heavy atom. The van der Waals surface area contributed by atoms with Crippen LogP contribution in [0.2, 0.25) is 0 Å². The normalized spacial score (nSPS) is 21.4. The second-order valence-electron chi connectivity index (χ2n) is 6.85. The van der Waals surface area contributed by atoms with E-state index >= 15 is 0 Å². The molecule has 1 amide bonds. The van der Waals surface area contributed by atoms with Crippen molar-refractivity contribution < 1.29 is 9.53 Å². The highest BCUT2D eigenvalue weighted by Crippen LogP contribution is 2.22. The average molecular weight is 320 g/mol. The Kier molecular flexibility index (Phi) is 6.39. The van der Waals surface area contributed by atoms with Crippen molar-refractivity contribution in [2.75, 3.05) is 6.61 Å². The molecule has 0 radical (unpaired) electrons. The predicted octanol–water partition coefficient (Wildman–Crippen LogP) is 2.79. The quantitative estimate of drug-likeness (QED) is 0.846. The van der Waals surface area contributed by atoms with E-state index in [2.05, 4.69) is 24.1 Å². The van der Waals surface area contributed by atoms with Crippen LogP contribution in [0.15, 0.2) is 17.1 Å². The summed E-state index contributed by atoms with van der Waals surface area (Å²) in [6, 6.07) is 1.44. The number of nitrogens with one attached hydrogen (secondary N) is 2. The summed E-state index contributed by atoms with van der Waals surface area (Å²) in [6.07, 6.45) is 6.65. The lowest BCUT2D eigenvalue weighted by atomic mass is 9.92. The zero-order valence-electron chi connectivity index (χ0n) is 14.4. The Bertz CT molecular complexity index is 580. The standard InChI is InChI=1S/C18H28N2O3/c1-12(2)8-9-23-17-7-5-4-6-15(17)20-18(22)14-11-19-13(3)10-16(14)21/h10-12,15,17H,4-9H2,1-3H3,(H,19,21)(H,20,22)/t15-,17-/m1/s1. The van der Waals surface area contributed by atoms with Crippen LogP contribution in [-0.2, 0) is 4.74 Å². The van der Waals surface area contributed by atoms with E-state index in [-0.39, 0.29) is 29.0 Å². The van der Waals surface area contributed by atoms with Crippen molar-refractivity contribution in [3.63, 3.8) is 0 Å². The summed E-state index contributed by atoms with van der Waals surface area (Å²) in [4.78, 5) is 27.3. The van der Waals surface area contributed by atoms with Crippen LogP contribution in [0.3, 0.4) is 0 Å². The minimum absolute atomic E-state index is 0.0101. The molecule has 0 aliphatic heterocycles. The molecule has 0 unspecified atom stereocenters. The lowest BCUT2D eigenvalue weighted by molar-refractivity contribution is 0.00120. The maximum atomic E-state index is 12.4. The van der Waals surface area contributed by atoms with Crippen LogP contribution in [0, 0.1) is 12.8 Å². The highest BCUT2D eigenvalue weighted by atomic mass is 16.5. The van der Waals surface area contributed by atoms with Crippen molar-refractivity contribution >= 4 is 5.91 Å². The van der Waals surface area contributed by atoms with Gasteiger partial charge in [-0.3, -0.25) is 9.59 Å². The molecule has 5 nitrogen and oxygen atoms in total. The van der Waals surface area contributed by atoms with E-state index in [9.17, 15) is 9.59 Å². The average Bonchev–Trinajstić information content (AvgIpc) is 2.48. The van der Waals surface area contributed by atoms with E-state index in [1.54, 1.807) is 6.92 Å². The molecule has 2 rings (SSSR count). The van der Waals surface area contributed by atoms with Crippen molar-refractivity contribution in [1.82, 2.24) is 10.3 Å². The Balaban J connectivity index is 1.97. The molecule has 1 aromatic rings. The Morgan fingerprint density at radius 2 is 2.13 bits per heavy atom. The fraction of sp³-hybridized carbons (Fsp3) is 0.667. The van der Waals surface area contributed by atoms with Gasteiger partial charge in [0.15, 0.2) is 5.43 Å². The Labute approximate surface area is 137 Å². The first-order valence-electron chi connectivity index (χ1n) is 8.59. The third-order valence-electron chi connectivity index (χ3n) is 4.35. The number of amides is 1. The SMILES string of the molecule is Cc1cc(=O)c(C(=O)N[C@@H]2CCCC[C@H]2OCCC(C)C)c[nH]1. The molecule has 2 atom stereocenters. The number of aromatic amines is 1. The fourth-order valence-electron chi connectivity index (χ4n) is 2.91. The molecule has 1 fully saturated rings. The van der Waals surface area contributed by atoms with E-state index in [0.29, 0.717) is 5.92 Å². The zero-order valence-corrected chi connectivity index (χ0v) is 14.4. The topological polar surface area (TPSA) is 71.2 Å². The van der Waals surface area contributed by atoms with Gasteiger partial charge in [-0.05, 0) is 32.1 Å². The number of aromatic nitrogens is 1. The van der Waals surface area contributed by atoms with Gasteiger partial charge in [0.05, 0.1) is 12.1 Å². The van der Waals surface area contributed by atoms with Crippen molar-refractivity contribution in [3.8, 4) is 0 Å². The van der Waals surface area contributed by atoms with E-state index in [0.717, 1.165) is 44.4 Å². The third kappa shape index (κ3) is 5.20. The summed E-state index contributed by atoms with van der Waals surface area (Å²) in [6.45, 7) is 6.86. The van der Waals surface area contributed by atoms with Crippen molar-refractivity contribution in [2.24, 2.45) is 5.92 Å². The van der Waals surface area contributed by atoms with Gasteiger partial charge in [-0.15, -0.1) is 0 Å². The summed E-state index contributed by atoms with van der Waals surface area (Å²) >= 11 is 0. The second-order valence-corrected chi connectivity index (χ2v) is 6.85. The maximum absolute atomic E-state index is 12.4. The monoisotopic (exact) mass is 320 g/mol. The Morgan fingerprint density at radius 3 is 2.83 bits per heavy atom. The van der Waals surface area contributed by atoms with Gasteiger partial charge in [0.2, 0.25) is 0 Å². The largest absolute Gasteiger partial charge is 0.376 e. The molecular weight excluding hydrogens is 292 g/mol. The third-order valence-corrected chi connectivity index (χ3v) is 4.35. The zero-order chi connectivity index (χ0) is 16.8. The molecule has 1 heterocycles. The minimum atomic E-state index is -0.310. The lowest BCUT2D eigenvalue weighted by Crippen LogP contribution is -2.47. The number of carbonyl (C=O) groups is 1. The molecule has 0 aromatic carbocycles. The van der Waals surface area contributed by atoms with Crippen LogP contribution in [0.25, 0.3) is 0 Å². The smallest absolute Gasteiger partial charge is 0.257 e. The number of H-pyrrole nitrogens is 1. The summed E-state index contributed by atoms with van der Waals surface area (Å²) < 4.78 is 5.99. The van der Waals surface area contributed by atoms with Crippen molar-refractivity contribution in [3.05, 3.63) is 33.7 Å². The van der Waals surface area contributed by atoms with Crippen molar-refractivity contribution in [2.45, 2.75) is 65.0 Å². The van der Waals surface area contributed by atoms with Crippen LogP contribution < -0.4 is 10.7 Å². The van der Waals surface area contributed by atoms with E-state index in [1.807, 2.05) is 0 Å². The van der Waals surface area contributed by atoms with E-state index in [4.69, 9.17) is 4.74 Å². The second kappa shape index (κ2) is 8.29. The van der Waals surface area contributed by atoms with Crippen molar-refractivity contribution in [1.29, 1.82) is 0 Å². The molecule has 5 heteroatoms. The first-order valence-corrected chi connectivity index (χ1v) is 8.59. The molecule has 1 saturated carbocycles. The van der Waals surface area contributed by atoms with Crippen LogP contribution >= 0.6 is 0 Å². The molecule has 0 spiro atoms. The van der Waals surface area contributed by atoms with Gasteiger partial charge in [-0.1, -0.05) is 26.7 Å². The summed E-state index contributed by atoms with van der Waals surface area (Å²) in [5.74, 6) is 0.299. The van der Waals surface area contributed by atoms with Gasteiger partial charge in [-0.25, -0.2) is 0 Å². The number of hydrogen-bond acceptors (Lipinski definition) is 3. The molecule has 2 N–H and O–H groups in total. The molecule has 128 valence electrons. The van der Waals surface area contributed by atoms with Crippen LogP contribution in [0.5, 0.6) is 0 Å². The molecule has 1 aliphatic carbocycles. The first-order chi connectivity index (χ1) is 11.0. The lowest BCUT2D eigenvalue weighted by Gasteiger charge is -2.32. The van der Waals surface area contributed by atoms with E-state index in [1.165, 1.54) is 12.3 Å². The fourth-order valence-corrected chi connectivity index (χ4v) is 2.91. The van der Waals surface area contributed by atoms with Gasteiger partial charge in [0.25, 0.3) is 5.91 Å². The number of carbonyl (C=O) groups excluding carboxylic acids is 1. The van der Waals surface area contributed by atoms with Crippen LogP contribution in [0.4, 0.5) is 0 Å². The van der Waals surface area contributed by atoms with Gasteiger partial charge < -0.3 is 15.0 Å². The van der Waals surface area contributed by atoms with Gasteiger partial charge >= 0.3 is 0 Å². The summed E-state index contributed by atoms with van der Waals surface area (Å²) in [5.41, 5.74) is 0.674. The van der Waals surface area contributed by atoms with Gasteiger partial charge in [0.1, 0.15) is 5.56 Å². The molecular formula is C18H28N2O3. The number of pyridine rings is 1. The molecule has 1 aliphatic rings. The van der Waals surface area contributed by atoms with Gasteiger partial charge in [0, 0.05) is 24.6 Å². The molecule has 23 heavy (non-hydrogen) atoms. The van der Waals surface area contributed by atoms with Crippen LogP contribution in [-0.4, -0.2) is 29.6 Å². The molecule has 1 aromatic heterocycles. The predicted molar refractivity (Wildman–Crippen MR) is 90.7 cm³/mol. The first kappa shape index (κ1) is 17.7. The number of aryl methyl sites for hydroxylation is 1. The Hall–Kier alpha value is -1.62.